The Kier molecular flexibility index (Phi) is 6.77. The number of hydrogen-bond donors (Lipinski definition) is 0. The van der Waals surface area contributed by atoms with E-state index in [-0.39, 0.29) is 17.0 Å². The molecular weight excluding hydrogens is 468 g/mol. The summed E-state index contributed by atoms with van der Waals surface area (Å²) in [6.45, 7) is 3.81. The number of rotatable bonds is 4. The Bertz CT molecular complexity index is 886. The van der Waals surface area contributed by atoms with Gasteiger partial charge in [-0.05, 0) is 74.7 Å². The predicted octanol–water partition coefficient (Wildman–Crippen LogP) is 2.32. The second-order valence-corrected chi connectivity index (χ2v) is 7.62. The number of aromatic nitrogens is 2. The molecule has 0 saturated heterocycles. The normalized spacial score (nSPS) is 13.4. The van der Waals surface area contributed by atoms with Gasteiger partial charge in [-0.3, -0.25) is 0 Å². The van der Waals surface area contributed by atoms with Crippen LogP contribution in [0.1, 0.15) is 32.0 Å². The van der Waals surface area contributed by atoms with Gasteiger partial charge in [-0.15, -0.1) is 0 Å². The van der Waals surface area contributed by atoms with Gasteiger partial charge in [0, 0.05) is 16.5 Å². The predicted molar refractivity (Wildman–Crippen MR) is 108 cm³/mol. The van der Waals surface area contributed by atoms with Crippen molar-refractivity contribution in [2.75, 3.05) is 6.61 Å². The minimum Gasteiger partial charge on any atom is -1.00 e. The summed E-state index contributed by atoms with van der Waals surface area (Å²) < 4.78 is 11.6. The Morgan fingerprint density at radius 2 is 1.74 bits per heavy atom. The van der Waals surface area contributed by atoms with E-state index in [0.717, 1.165) is 23.2 Å². The molecule has 3 aromatic rings. The van der Waals surface area contributed by atoms with Gasteiger partial charge in [0.25, 0.3) is 5.82 Å². The number of imidazole rings is 1. The summed E-state index contributed by atoms with van der Waals surface area (Å²) in [5.41, 5.74) is 3.68. The zero-order valence-electron chi connectivity index (χ0n) is 15.5. The van der Waals surface area contributed by atoms with Crippen LogP contribution < -0.4 is 26.3 Å². The summed E-state index contributed by atoms with van der Waals surface area (Å²) in [5, 5.41) is 0. The molecule has 2 aromatic carbocycles. The third kappa shape index (κ3) is 4.30. The zero-order valence-corrected chi connectivity index (χ0v) is 18.7. The lowest BCUT2D eigenvalue weighted by molar-refractivity contribution is -0.702. The van der Waals surface area contributed by atoms with Gasteiger partial charge >= 0.3 is 0 Å². The monoisotopic (exact) mass is 490 g/mol. The van der Waals surface area contributed by atoms with Crippen molar-refractivity contribution in [1.29, 1.82) is 0 Å². The van der Waals surface area contributed by atoms with Gasteiger partial charge in [-0.2, -0.15) is 4.57 Å². The molecular formula is C22H24Br2N2O. The van der Waals surface area contributed by atoms with E-state index in [0.29, 0.717) is 6.61 Å². The van der Waals surface area contributed by atoms with E-state index < -0.39 is 0 Å². The van der Waals surface area contributed by atoms with Gasteiger partial charge in [-0.1, -0.05) is 15.9 Å². The van der Waals surface area contributed by atoms with Crippen molar-refractivity contribution in [3.8, 4) is 22.7 Å². The van der Waals surface area contributed by atoms with Crippen LogP contribution >= 0.6 is 15.9 Å². The van der Waals surface area contributed by atoms with Crippen LogP contribution in [0.25, 0.3) is 16.9 Å². The van der Waals surface area contributed by atoms with E-state index in [9.17, 15) is 0 Å². The van der Waals surface area contributed by atoms with E-state index in [1.54, 1.807) is 0 Å². The molecule has 0 spiro atoms. The Labute approximate surface area is 179 Å². The highest BCUT2D eigenvalue weighted by Gasteiger charge is 2.27. The average Bonchev–Trinajstić information content (AvgIpc) is 2.86. The number of benzene rings is 2. The van der Waals surface area contributed by atoms with Gasteiger partial charge in [0.05, 0.1) is 13.2 Å². The van der Waals surface area contributed by atoms with Crippen LogP contribution in [-0.4, -0.2) is 11.2 Å². The molecule has 2 heterocycles. The maximum absolute atomic E-state index is 5.62. The minimum absolute atomic E-state index is 0. The molecule has 0 unspecified atom stereocenters. The maximum Gasteiger partial charge on any atom is 0.262 e. The smallest absolute Gasteiger partial charge is 0.262 e. The highest BCUT2D eigenvalue weighted by atomic mass is 79.9. The first-order chi connectivity index (χ1) is 12.8. The van der Waals surface area contributed by atoms with E-state index in [4.69, 9.17) is 4.74 Å². The second-order valence-electron chi connectivity index (χ2n) is 6.70. The van der Waals surface area contributed by atoms with Crippen molar-refractivity contribution in [1.82, 2.24) is 4.57 Å². The molecule has 3 nitrogen and oxygen atoms in total. The quantitative estimate of drug-likeness (QED) is 0.512. The molecule has 4 rings (SSSR count). The number of halogens is 2. The molecule has 1 aromatic heterocycles. The first-order valence-electron chi connectivity index (χ1n) is 9.39. The number of nitrogens with zero attached hydrogens (tertiary/aromatic N) is 2. The summed E-state index contributed by atoms with van der Waals surface area (Å²) in [5.74, 6) is 2.32. The molecule has 0 radical (unpaired) electrons. The van der Waals surface area contributed by atoms with Crippen LogP contribution in [0, 0.1) is 0 Å². The Morgan fingerprint density at radius 3 is 2.44 bits per heavy atom. The molecule has 27 heavy (non-hydrogen) atoms. The van der Waals surface area contributed by atoms with Crippen molar-refractivity contribution in [2.45, 2.75) is 39.2 Å². The molecule has 1 aliphatic heterocycles. The summed E-state index contributed by atoms with van der Waals surface area (Å²) in [6.07, 6.45) is 7.24. The lowest BCUT2D eigenvalue weighted by atomic mass is 10.1. The fraction of sp³-hybridized carbons (Fsp3) is 0.318. The third-order valence-corrected chi connectivity index (χ3v) is 5.48. The molecule has 0 amide bonds. The van der Waals surface area contributed by atoms with E-state index in [2.05, 4.69) is 79.8 Å². The van der Waals surface area contributed by atoms with Crippen molar-refractivity contribution < 1.29 is 26.3 Å². The van der Waals surface area contributed by atoms with Crippen LogP contribution in [0.3, 0.4) is 0 Å². The van der Waals surface area contributed by atoms with Crippen LogP contribution in [-0.2, 0) is 13.0 Å². The lowest BCUT2D eigenvalue weighted by Gasteiger charge is -2.07. The number of aryl methyl sites for hydroxylation is 1. The minimum atomic E-state index is 0. The highest BCUT2D eigenvalue weighted by Crippen LogP contribution is 2.28. The van der Waals surface area contributed by atoms with Crippen LogP contribution in [0.4, 0.5) is 0 Å². The van der Waals surface area contributed by atoms with Gasteiger partial charge in [-0.25, -0.2) is 4.57 Å². The van der Waals surface area contributed by atoms with Gasteiger partial charge in [0.1, 0.15) is 17.6 Å². The maximum atomic E-state index is 5.62. The van der Waals surface area contributed by atoms with Crippen molar-refractivity contribution in [3.05, 3.63) is 65.0 Å². The Hall–Kier alpha value is -1.59. The van der Waals surface area contributed by atoms with Crippen molar-refractivity contribution in [2.24, 2.45) is 0 Å². The van der Waals surface area contributed by atoms with Gasteiger partial charge in [0.15, 0.2) is 5.69 Å². The SMILES string of the molecule is CCOc1ccc(-n2c(-c3ccc(Br)cc3)c[n+]3c2CCCCC3)cc1.[Br-]. The van der Waals surface area contributed by atoms with E-state index in [1.807, 2.05) is 6.92 Å². The average molecular weight is 492 g/mol. The fourth-order valence-corrected chi connectivity index (χ4v) is 3.97. The van der Waals surface area contributed by atoms with Crippen molar-refractivity contribution in [3.63, 3.8) is 0 Å². The summed E-state index contributed by atoms with van der Waals surface area (Å²) in [4.78, 5) is 0. The number of hydrogen-bond acceptors (Lipinski definition) is 1. The molecule has 0 saturated carbocycles. The van der Waals surface area contributed by atoms with Crippen LogP contribution in [0.5, 0.6) is 5.75 Å². The molecule has 0 fully saturated rings. The Morgan fingerprint density at radius 1 is 1.00 bits per heavy atom. The molecule has 0 atom stereocenters. The number of ether oxygens (including phenoxy) is 1. The lowest BCUT2D eigenvalue weighted by Crippen LogP contribution is -3.00. The second kappa shape index (κ2) is 9.07. The summed E-state index contributed by atoms with van der Waals surface area (Å²) in [7, 11) is 0. The summed E-state index contributed by atoms with van der Waals surface area (Å²) >= 11 is 3.55. The molecule has 0 N–H and O–H groups in total. The van der Waals surface area contributed by atoms with Crippen molar-refractivity contribution >= 4 is 15.9 Å². The zero-order chi connectivity index (χ0) is 17.9. The molecule has 0 bridgehead atoms. The molecule has 1 aliphatic rings. The third-order valence-electron chi connectivity index (χ3n) is 4.95. The first-order valence-corrected chi connectivity index (χ1v) is 10.2. The molecule has 5 heteroatoms. The van der Waals surface area contributed by atoms with Gasteiger partial charge in [0.2, 0.25) is 0 Å². The first kappa shape index (κ1) is 20.2. The topological polar surface area (TPSA) is 18.0 Å². The Balaban J connectivity index is 0.00000210. The number of fused-ring (bicyclic) bond motifs is 1. The summed E-state index contributed by atoms with van der Waals surface area (Å²) in [6, 6.07) is 17.1. The van der Waals surface area contributed by atoms with Crippen LogP contribution in [0.2, 0.25) is 0 Å². The highest BCUT2D eigenvalue weighted by molar-refractivity contribution is 9.10. The fourth-order valence-electron chi connectivity index (χ4n) is 3.71. The van der Waals surface area contributed by atoms with E-state index in [1.165, 1.54) is 42.0 Å². The van der Waals surface area contributed by atoms with Crippen LogP contribution in [0.15, 0.2) is 59.2 Å². The van der Waals surface area contributed by atoms with E-state index >= 15 is 0 Å². The largest absolute Gasteiger partial charge is 1.00 e. The molecule has 0 aliphatic carbocycles. The molecule has 142 valence electrons. The van der Waals surface area contributed by atoms with Gasteiger partial charge < -0.3 is 21.7 Å². The standard InChI is InChI=1S/C22H24BrN2O.BrH/c1-2-26-20-13-11-19(12-14-20)25-21(17-7-9-18(23)10-8-17)16-24-15-5-3-4-6-22(24)25;/h7-14,16H,2-6,15H2,1H3;1H/q+1;/p-1.